The molecule has 1 amide bonds. The zero-order chi connectivity index (χ0) is 16.8. The molecule has 23 heavy (non-hydrogen) atoms. The molecule has 120 valence electrons. The van der Waals surface area contributed by atoms with Crippen molar-refractivity contribution in [3.8, 4) is 16.9 Å². The quantitative estimate of drug-likeness (QED) is 0.619. The van der Waals surface area contributed by atoms with Gasteiger partial charge in [0.2, 0.25) is 5.91 Å². The van der Waals surface area contributed by atoms with Crippen LogP contribution in [0.3, 0.4) is 0 Å². The summed E-state index contributed by atoms with van der Waals surface area (Å²) in [6.45, 7) is 1.84. The summed E-state index contributed by atoms with van der Waals surface area (Å²) in [5, 5.41) is 0. The van der Waals surface area contributed by atoms with E-state index >= 15 is 0 Å². The molecule has 0 bridgehead atoms. The van der Waals surface area contributed by atoms with Gasteiger partial charge in [0.15, 0.2) is 0 Å². The second-order valence-electron chi connectivity index (χ2n) is 4.78. The van der Waals surface area contributed by atoms with Crippen molar-refractivity contribution in [1.82, 2.24) is 0 Å². The highest BCUT2D eigenvalue weighted by molar-refractivity contribution is 9.10. The maximum atomic E-state index is 11.1. The Hall–Kier alpha value is -2.34. The van der Waals surface area contributed by atoms with E-state index in [0.717, 1.165) is 15.6 Å². The van der Waals surface area contributed by atoms with Crippen LogP contribution in [-0.4, -0.2) is 25.1 Å². The van der Waals surface area contributed by atoms with Gasteiger partial charge in [-0.2, -0.15) is 0 Å². The number of hydrogen-bond donors (Lipinski definition) is 1. The number of rotatable bonds is 6. The Morgan fingerprint density at radius 2 is 1.70 bits per heavy atom. The SMILES string of the molecule is CC(=O)OCCOc1ccc(-c2ccc(C(N)=O)cc2)cc1Br. The Bertz CT molecular complexity index is 713. The number of hydrogen-bond acceptors (Lipinski definition) is 4. The molecular weight excluding hydrogens is 362 g/mol. The van der Waals surface area contributed by atoms with E-state index in [9.17, 15) is 9.59 Å². The largest absolute Gasteiger partial charge is 0.489 e. The van der Waals surface area contributed by atoms with Crippen molar-refractivity contribution >= 4 is 27.8 Å². The zero-order valence-electron chi connectivity index (χ0n) is 12.5. The van der Waals surface area contributed by atoms with Crippen LogP contribution in [0.25, 0.3) is 11.1 Å². The van der Waals surface area contributed by atoms with Crippen LogP contribution in [0, 0.1) is 0 Å². The van der Waals surface area contributed by atoms with E-state index in [0.29, 0.717) is 11.3 Å². The summed E-state index contributed by atoms with van der Waals surface area (Å²) in [6, 6.07) is 12.7. The summed E-state index contributed by atoms with van der Waals surface area (Å²) < 4.78 is 11.1. The molecule has 0 atom stereocenters. The summed E-state index contributed by atoms with van der Waals surface area (Å²) in [7, 11) is 0. The Kier molecular flexibility index (Phi) is 5.76. The van der Waals surface area contributed by atoms with E-state index in [2.05, 4.69) is 15.9 Å². The molecule has 2 aromatic rings. The molecular formula is C17H16BrNO4. The summed E-state index contributed by atoms with van der Waals surface area (Å²) in [4.78, 5) is 21.8. The zero-order valence-corrected chi connectivity index (χ0v) is 14.1. The van der Waals surface area contributed by atoms with Gasteiger partial charge in [0.1, 0.15) is 19.0 Å². The molecule has 0 saturated heterocycles. The lowest BCUT2D eigenvalue weighted by atomic mass is 10.0. The van der Waals surface area contributed by atoms with Crippen molar-refractivity contribution < 1.29 is 19.1 Å². The fourth-order valence-electron chi connectivity index (χ4n) is 1.96. The van der Waals surface area contributed by atoms with Crippen molar-refractivity contribution in [1.29, 1.82) is 0 Å². The molecule has 0 aromatic heterocycles. The van der Waals surface area contributed by atoms with Gasteiger partial charge >= 0.3 is 5.97 Å². The first-order valence-corrected chi connectivity index (χ1v) is 7.72. The molecule has 0 heterocycles. The van der Waals surface area contributed by atoms with Crippen molar-refractivity contribution in [2.75, 3.05) is 13.2 Å². The van der Waals surface area contributed by atoms with E-state index in [4.69, 9.17) is 15.2 Å². The van der Waals surface area contributed by atoms with Gasteiger partial charge in [-0.1, -0.05) is 18.2 Å². The average molecular weight is 378 g/mol. The maximum absolute atomic E-state index is 11.1. The number of carbonyl (C=O) groups is 2. The van der Waals surface area contributed by atoms with E-state index in [1.807, 2.05) is 30.3 Å². The summed E-state index contributed by atoms with van der Waals surface area (Å²) >= 11 is 3.46. The second-order valence-corrected chi connectivity index (χ2v) is 5.63. The van der Waals surface area contributed by atoms with E-state index in [-0.39, 0.29) is 19.2 Å². The Balaban J connectivity index is 2.06. The molecule has 5 nitrogen and oxygen atoms in total. The highest BCUT2D eigenvalue weighted by Crippen LogP contribution is 2.30. The number of amides is 1. The minimum atomic E-state index is -0.450. The highest BCUT2D eigenvalue weighted by atomic mass is 79.9. The van der Waals surface area contributed by atoms with Gasteiger partial charge in [-0.15, -0.1) is 0 Å². The number of halogens is 1. The van der Waals surface area contributed by atoms with Crippen LogP contribution in [0.2, 0.25) is 0 Å². The Labute approximate surface area is 142 Å². The number of nitrogens with two attached hydrogens (primary N) is 1. The molecule has 0 fully saturated rings. The van der Waals surface area contributed by atoms with Gasteiger partial charge in [-0.05, 0) is 51.3 Å². The van der Waals surface area contributed by atoms with Crippen LogP contribution in [0.4, 0.5) is 0 Å². The van der Waals surface area contributed by atoms with Crippen LogP contribution >= 0.6 is 15.9 Å². The van der Waals surface area contributed by atoms with Gasteiger partial charge in [0.25, 0.3) is 0 Å². The van der Waals surface area contributed by atoms with Crippen molar-refractivity contribution in [2.45, 2.75) is 6.92 Å². The standard InChI is InChI=1S/C17H16BrNO4/c1-11(20)22-8-9-23-16-7-6-14(10-15(16)18)12-2-4-13(5-3-12)17(19)21/h2-7,10H,8-9H2,1H3,(H2,19,21). The number of primary amides is 1. The monoisotopic (exact) mass is 377 g/mol. The molecule has 0 unspecified atom stereocenters. The number of esters is 1. The van der Waals surface area contributed by atoms with Gasteiger partial charge < -0.3 is 15.2 Å². The molecule has 6 heteroatoms. The van der Waals surface area contributed by atoms with Gasteiger partial charge in [0, 0.05) is 12.5 Å². The first-order valence-electron chi connectivity index (χ1n) is 6.93. The minimum Gasteiger partial charge on any atom is -0.489 e. The smallest absolute Gasteiger partial charge is 0.302 e. The summed E-state index contributed by atoms with van der Waals surface area (Å²) in [5.74, 6) is -0.119. The predicted molar refractivity (Wildman–Crippen MR) is 90.2 cm³/mol. The fraction of sp³-hybridized carbons (Fsp3) is 0.176. The molecule has 0 spiro atoms. The van der Waals surface area contributed by atoms with Crippen LogP contribution in [0.1, 0.15) is 17.3 Å². The first kappa shape index (κ1) is 17.0. The number of carbonyl (C=O) groups excluding carboxylic acids is 2. The van der Waals surface area contributed by atoms with Gasteiger partial charge in [0.05, 0.1) is 4.47 Å². The molecule has 2 rings (SSSR count). The maximum Gasteiger partial charge on any atom is 0.302 e. The third-order valence-corrected chi connectivity index (χ3v) is 3.70. The van der Waals surface area contributed by atoms with Crippen molar-refractivity contribution in [3.05, 3.63) is 52.5 Å². The summed E-state index contributed by atoms with van der Waals surface area (Å²) in [5.41, 5.74) is 7.63. The van der Waals surface area contributed by atoms with Crippen molar-refractivity contribution in [2.24, 2.45) is 5.73 Å². The minimum absolute atomic E-state index is 0.206. The number of ether oxygens (including phenoxy) is 2. The third-order valence-electron chi connectivity index (χ3n) is 3.08. The second kappa shape index (κ2) is 7.78. The normalized spacial score (nSPS) is 10.2. The molecule has 0 saturated carbocycles. The molecule has 0 aliphatic rings. The first-order chi connectivity index (χ1) is 11.0. The lowest BCUT2D eigenvalue weighted by Gasteiger charge is -2.10. The van der Waals surface area contributed by atoms with Crippen LogP contribution < -0.4 is 10.5 Å². The third kappa shape index (κ3) is 4.82. The van der Waals surface area contributed by atoms with Gasteiger partial charge in [-0.25, -0.2) is 0 Å². The van der Waals surface area contributed by atoms with E-state index in [1.165, 1.54) is 6.92 Å². The molecule has 0 radical (unpaired) electrons. The van der Waals surface area contributed by atoms with Crippen LogP contribution in [-0.2, 0) is 9.53 Å². The number of benzene rings is 2. The van der Waals surface area contributed by atoms with E-state index in [1.54, 1.807) is 12.1 Å². The van der Waals surface area contributed by atoms with Gasteiger partial charge in [-0.3, -0.25) is 9.59 Å². The topological polar surface area (TPSA) is 78.6 Å². The van der Waals surface area contributed by atoms with Crippen LogP contribution in [0.5, 0.6) is 5.75 Å². The lowest BCUT2D eigenvalue weighted by Crippen LogP contribution is -2.10. The molecule has 2 aromatic carbocycles. The van der Waals surface area contributed by atoms with Crippen LogP contribution in [0.15, 0.2) is 46.9 Å². The molecule has 0 aliphatic carbocycles. The Morgan fingerprint density at radius 1 is 1.04 bits per heavy atom. The predicted octanol–water partition coefficient (Wildman–Crippen LogP) is 3.16. The Morgan fingerprint density at radius 3 is 2.26 bits per heavy atom. The summed E-state index contributed by atoms with van der Waals surface area (Å²) in [6.07, 6.45) is 0. The fourth-order valence-corrected chi connectivity index (χ4v) is 2.45. The molecule has 0 aliphatic heterocycles. The lowest BCUT2D eigenvalue weighted by molar-refractivity contribution is -0.141. The van der Waals surface area contributed by atoms with E-state index < -0.39 is 5.91 Å². The molecule has 2 N–H and O–H groups in total. The average Bonchev–Trinajstić information content (AvgIpc) is 2.52. The van der Waals surface area contributed by atoms with Crippen molar-refractivity contribution in [3.63, 3.8) is 0 Å². The highest BCUT2D eigenvalue weighted by Gasteiger charge is 2.06.